The first-order valence-electron chi connectivity index (χ1n) is 6.38. The van der Waals surface area contributed by atoms with Crippen LogP contribution in [0.4, 0.5) is 5.69 Å². The van der Waals surface area contributed by atoms with Gasteiger partial charge in [0.15, 0.2) is 5.78 Å². The maximum atomic E-state index is 12.2. The van der Waals surface area contributed by atoms with Crippen molar-refractivity contribution in [3.8, 4) is 0 Å². The third-order valence-corrected chi connectivity index (χ3v) is 3.66. The van der Waals surface area contributed by atoms with E-state index >= 15 is 0 Å². The zero-order chi connectivity index (χ0) is 15.1. The Kier molecular flexibility index (Phi) is 3.38. The Balaban J connectivity index is 2.24. The van der Waals surface area contributed by atoms with Crippen LogP contribution in [-0.4, -0.2) is 29.8 Å². The SMILES string of the molecule is CN1C(=O)Cc2cc(C(=O)CC(C)(C)C(=O)O)ccc21. The van der Waals surface area contributed by atoms with Gasteiger partial charge in [-0.2, -0.15) is 0 Å². The molecule has 0 radical (unpaired) electrons. The third kappa shape index (κ3) is 2.43. The highest BCUT2D eigenvalue weighted by molar-refractivity contribution is 6.04. The van der Waals surface area contributed by atoms with Crippen molar-refractivity contribution in [2.75, 3.05) is 11.9 Å². The number of ketones is 1. The second-order valence-electron chi connectivity index (χ2n) is 5.76. The number of anilines is 1. The largest absolute Gasteiger partial charge is 0.481 e. The van der Waals surface area contributed by atoms with E-state index in [0.717, 1.165) is 11.3 Å². The molecule has 1 heterocycles. The molecule has 1 aromatic rings. The number of carbonyl (C=O) groups is 3. The lowest BCUT2D eigenvalue weighted by Crippen LogP contribution is -2.27. The standard InChI is InChI=1S/C15H17NO4/c1-15(2,14(19)20)8-12(17)9-4-5-11-10(6-9)7-13(18)16(11)3/h4-6H,7-8H2,1-3H3,(H,19,20). The number of hydrogen-bond donors (Lipinski definition) is 1. The fourth-order valence-electron chi connectivity index (χ4n) is 2.22. The van der Waals surface area contributed by atoms with E-state index in [2.05, 4.69) is 0 Å². The first-order chi connectivity index (χ1) is 9.22. The molecule has 1 N–H and O–H groups in total. The van der Waals surface area contributed by atoms with Crippen LogP contribution < -0.4 is 4.90 Å². The summed E-state index contributed by atoms with van der Waals surface area (Å²) in [5, 5.41) is 9.06. The van der Waals surface area contributed by atoms with E-state index in [1.807, 2.05) is 0 Å². The minimum atomic E-state index is -1.09. The van der Waals surface area contributed by atoms with Crippen molar-refractivity contribution in [3.05, 3.63) is 29.3 Å². The highest BCUT2D eigenvalue weighted by atomic mass is 16.4. The molecule has 0 fully saturated rings. The number of amides is 1. The molecule has 1 aliphatic heterocycles. The molecule has 5 nitrogen and oxygen atoms in total. The lowest BCUT2D eigenvalue weighted by Gasteiger charge is -2.18. The van der Waals surface area contributed by atoms with Crippen LogP contribution in [0.1, 0.15) is 36.2 Å². The topological polar surface area (TPSA) is 74.7 Å². The first-order valence-corrected chi connectivity index (χ1v) is 6.38. The van der Waals surface area contributed by atoms with Crippen molar-refractivity contribution in [3.63, 3.8) is 0 Å². The van der Waals surface area contributed by atoms with E-state index in [1.54, 1.807) is 30.1 Å². The molecule has 0 atom stereocenters. The van der Waals surface area contributed by atoms with E-state index < -0.39 is 11.4 Å². The van der Waals surface area contributed by atoms with Crippen LogP contribution in [-0.2, 0) is 16.0 Å². The van der Waals surface area contributed by atoms with E-state index in [-0.39, 0.29) is 24.5 Å². The quantitative estimate of drug-likeness (QED) is 0.851. The molecule has 2 rings (SSSR count). The van der Waals surface area contributed by atoms with Gasteiger partial charge in [0.05, 0.1) is 11.8 Å². The van der Waals surface area contributed by atoms with Gasteiger partial charge in [-0.3, -0.25) is 14.4 Å². The van der Waals surface area contributed by atoms with Crippen LogP contribution >= 0.6 is 0 Å². The third-order valence-electron chi connectivity index (χ3n) is 3.66. The second kappa shape index (κ2) is 4.74. The molecule has 106 valence electrons. The average Bonchev–Trinajstić information content (AvgIpc) is 2.64. The van der Waals surface area contributed by atoms with Gasteiger partial charge < -0.3 is 10.0 Å². The van der Waals surface area contributed by atoms with Crippen molar-refractivity contribution in [2.24, 2.45) is 5.41 Å². The van der Waals surface area contributed by atoms with E-state index in [1.165, 1.54) is 13.8 Å². The summed E-state index contributed by atoms with van der Waals surface area (Å²) in [6.07, 6.45) is 0.222. The van der Waals surface area contributed by atoms with Crippen molar-refractivity contribution in [2.45, 2.75) is 26.7 Å². The molecule has 0 unspecified atom stereocenters. The van der Waals surface area contributed by atoms with E-state index in [9.17, 15) is 14.4 Å². The number of likely N-dealkylation sites (N-methyl/N-ethyl adjacent to an activating group) is 1. The maximum Gasteiger partial charge on any atom is 0.309 e. The predicted octanol–water partition coefficient (Wildman–Crippen LogP) is 1.89. The molecule has 1 amide bonds. The zero-order valence-electron chi connectivity index (χ0n) is 11.8. The average molecular weight is 275 g/mol. The molecule has 1 aliphatic rings. The summed E-state index contributed by atoms with van der Waals surface area (Å²) >= 11 is 0. The molecule has 0 spiro atoms. The van der Waals surface area contributed by atoms with Gasteiger partial charge in [-0.25, -0.2) is 0 Å². The molecule has 1 aromatic carbocycles. The Bertz CT molecular complexity index is 604. The summed E-state index contributed by atoms with van der Waals surface area (Å²) in [4.78, 5) is 36.4. The van der Waals surface area contributed by atoms with Gasteiger partial charge in [-0.1, -0.05) is 0 Å². The van der Waals surface area contributed by atoms with Crippen LogP contribution in [0.15, 0.2) is 18.2 Å². The Morgan fingerprint density at radius 1 is 1.35 bits per heavy atom. The first kappa shape index (κ1) is 14.2. The number of Topliss-reactive ketones (excluding diaryl/α,β-unsaturated/α-hetero) is 1. The van der Waals surface area contributed by atoms with Crippen LogP contribution in [0.25, 0.3) is 0 Å². The number of fused-ring (bicyclic) bond motifs is 1. The molecule has 0 aliphatic carbocycles. The summed E-state index contributed by atoms with van der Waals surface area (Å²) in [5.74, 6) is -1.22. The molecule has 20 heavy (non-hydrogen) atoms. The number of carbonyl (C=O) groups excluding carboxylic acids is 2. The fraction of sp³-hybridized carbons (Fsp3) is 0.400. The van der Waals surface area contributed by atoms with E-state index in [0.29, 0.717) is 5.56 Å². The van der Waals surface area contributed by atoms with Crippen LogP contribution in [0.5, 0.6) is 0 Å². The number of nitrogens with zero attached hydrogens (tertiary/aromatic N) is 1. The highest BCUT2D eigenvalue weighted by Gasteiger charge is 2.31. The number of aliphatic carboxylic acids is 1. The molecular weight excluding hydrogens is 258 g/mol. The Hall–Kier alpha value is -2.17. The molecular formula is C15H17NO4. The number of carboxylic acid groups (broad SMARTS) is 1. The van der Waals surface area contributed by atoms with Crippen molar-refractivity contribution in [1.29, 1.82) is 0 Å². The number of benzene rings is 1. The smallest absolute Gasteiger partial charge is 0.309 e. The van der Waals surface area contributed by atoms with Gasteiger partial charge in [0.2, 0.25) is 5.91 Å². The number of hydrogen-bond acceptors (Lipinski definition) is 3. The van der Waals surface area contributed by atoms with Crippen molar-refractivity contribution < 1.29 is 19.5 Å². The minimum absolute atomic E-state index is 0.00420. The Labute approximate surface area is 117 Å². The molecule has 5 heteroatoms. The van der Waals surface area contributed by atoms with Gasteiger partial charge in [-0.05, 0) is 37.6 Å². The van der Waals surface area contributed by atoms with Gasteiger partial charge in [0.25, 0.3) is 0 Å². The summed E-state index contributed by atoms with van der Waals surface area (Å²) in [6.45, 7) is 3.05. The molecule has 0 aromatic heterocycles. The minimum Gasteiger partial charge on any atom is -0.481 e. The summed E-state index contributed by atoms with van der Waals surface area (Å²) in [7, 11) is 1.70. The summed E-state index contributed by atoms with van der Waals surface area (Å²) in [5.41, 5.74) is 0.990. The number of carboxylic acids is 1. The summed E-state index contributed by atoms with van der Waals surface area (Å²) < 4.78 is 0. The van der Waals surface area contributed by atoms with Crippen LogP contribution in [0, 0.1) is 5.41 Å². The van der Waals surface area contributed by atoms with Gasteiger partial charge >= 0.3 is 5.97 Å². The van der Waals surface area contributed by atoms with Gasteiger partial charge in [0, 0.05) is 24.7 Å². The molecule has 0 saturated carbocycles. The lowest BCUT2D eigenvalue weighted by molar-refractivity contribution is -0.146. The fourth-order valence-corrected chi connectivity index (χ4v) is 2.22. The van der Waals surface area contributed by atoms with Gasteiger partial charge in [-0.15, -0.1) is 0 Å². The summed E-state index contributed by atoms with van der Waals surface area (Å²) in [6, 6.07) is 5.08. The zero-order valence-corrected chi connectivity index (χ0v) is 11.8. The Morgan fingerprint density at radius 2 is 2.00 bits per heavy atom. The molecule has 0 saturated heterocycles. The van der Waals surface area contributed by atoms with Gasteiger partial charge in [0.1, 0.15) is 0 Å². The monoisotopic (exact) mass is 275 g/mol. The maximum absolute atomic E-state index is 12.2. The van der Waals surface area contributed by atoms with Crippen molar-refractivity contribution in [1.82, 2.24) is 0 Å². The highest BCUT2D eigenvalue weighted by Crippen LogP contribution is 2.30. The predicted molar refractivity (Wildman–Crippen MR) is 73.9 cm³/mol. The van der Waals surface area contributed by atoms with Crippen LogP contribution in [0.2, 0.25) is 0 Å². The molecule has 0 bridgehead atoms. The normalized spacial score (nSPS) is 14.3. The number of rotatable bonds is 4. The van der Waals surface area contributed by atoms with Crippen LogP contribution in [0.3, 0.4) is 0 Å². The second-order valence-corrected chi connectivity index (χ2v) is 5.76. The lowest BCUT2D eigenvalue weighted by atomic mass is 9.85. The van der Waals surface area contributed by atoms with E-state index in [4.69, 9.17) is 5.11 Å². The Morgan fingerprint density at radius 3 is 2.60 bits per heavy atom. The van der Waals surface area contributed by atoms with Crippen molar-refractivity contribution >= 4 is 23.3 Å².